The molecule has 0 spiro atoms. The number of aryl methyl sites for hydroxylation is 2. The molecule has 2 rings (SSSR count). The van der Waals surface area contributed by atoms with Crippen LogP contribution in [0.25, 0.3) is 0 Å². The van der Waals surface area contributed by atoms with Gasteiger partial charge in [-0.2, -0.15) is 0 Å². The molecule has 0 aliphatic rings. The molecule has 0 radical (unpaired) electrons. The Morgan fingerprint density at radius 2 is 1.56 bits per heavy atom. The molecule has 0 saturated carbocycles. The first kappa shape index (κ1) is 13.6. The third-order valence-electron chi connectivity index (χ3n) is 3.16. The monoisotopic (exact) mass is 323 g/mol. The number of benzene rings is 2. The molecule has 0 amide bonds. The molecule has 0 aliphatic heterocycles. The van der Waals surface area contributed by atoms with E-state index in [1.807, 2.05) is 24.3 Å². The molecule has 2 aromatic rings. The fourth-order valence-electron chi connectivity index (χ4n) is 2.27. The molecule has 2 N–H and O–H groups in total. The lowest BCUT2D eigenvalue weighted by molar-refractivity contribution is 0.847. The molecule has 1 unspecified atom stereocenters. The van der Waals surface area contributed by atoms with E-state index in [-0.39, 0.29) is 6.04 Å². The van der Waals surface area contributed by atoms with Crippen molar-refractivity contribution < 1.29 is 0 Å². The van der Waals surface area contributed by atoms with E-state index in [4.69, 9.17) is 17.3 Å². The minimum Gasteiger partial charge on any atom is -0.320 e. The minimum absolute atomic E-state index is 0.214. The highest BCUT2D eigenvalue weighted by Gasteiger charge is 2.18. The van der Waals surface area contributed by atoms with E-state index in [9.17, 15) is 0 Å². The maximum atomic E-state index is 6.41. The van der Waals surface area contributed by atoms with Crippen molar-refractivity contribution in [1.82, 2.24) is 0 Å². The van der Waals surface area contributed by atoms with E-state index in [1.54, 1.807) is 0 Å². The number of hydrogen-bond acceptors (Lipinski definition) is 1. The Kier molecular flexibility index (Phi) is 4.10. The Balaban J connectivity index is 2.58. The Labute approximate surface area is 121 Å². The second-order valence-electron chi connectivity index (χ2n) is 4.42. The molecule has 0 aliphatic carbocycles. The summed E-state index contributed by atoms with van der Waals surface area (Å²) < 4.78 is 0.949. The summed E-state index contributed by atoms with van der Waals surface area (Å²) in [6.45, 7) is 4.15. The summed E-state index contributed by atoms with van der Waals surface area (Å²) >= 11 is 9.80. The SMILES string of the molecule is Cc1cccc(C)c1C(N)c1c(Cl)cccc1Br. The van der Waals surface area contributed by atoms with Crippen LogP contribution in [0.1, 0.15) is 28.3 Å². The molecule has 1 nitrogen and oxygen atoms in total. The van der Waals surface area contributed by atoms with Crippen LogP contribution < -0.4 is 5.73 Å². The molecule has 0 aromatic heterocycles. The zero-order valence-corrected chi connectivity index (χ0v) is 12.7. The Bertz CT molecular complexity index is 489. The van der Waals surface area contributed by atoms with E-state index in [0.717, 1.165) is 15.6 Å². The fraction of sp³-hybridized carbons (Fsp3) is 0.200. The van der Waals surface area contributed by atoms with Crippen LogP contribution in [0.3, 0.4) is 0 Å². The molecule has 0 bridgehead atoms. The van der Waals surface area contributed by atoms with Gasteiger partial charge in [-0.3, -0.25) is 0 Å². The molecule has 18 heavy (non-hydrogen) atoms. The summed E-state index contributed by atoms with van der Waals surface area (Å²) in [5.41, 5.74) is 10.9. The van der Waals surface area contributed by atoms with Gasteiger partial charge in [0.1, 0.15) is 0 Å². The predicted molar refractivity (Wildman–Crippen MR) is 81.1 cm³/mol. The van der Waals surface area contributed by atoms with E-state index in [2.05, 4.69) is 41.9 Å². The van der Waals surface area contributed by atoms with Crippen LogP contribution in [-0.4, -0.2) is 0 Å². The summed E-state index contributed by atoms with van der Waals surface area (Å²) in [6.07, 6.45) is 0. The molecule has 94 valence electrons. The number of hydrogen-bond donors (Lipinski definition) is 1. The molecule has 0 fully saturated rings. The maximum absolute atomic E-state index is 6.41. The zero-order chi connectivity index (χ0) is 13.3. The van der Waals surface area contributed by atoms with Crippen molar-refractivity contribution in [3.63, 3.8) is 0 Å². The molecular formula is C15H15BrClN. The lowest BCUT2D eigenvalue weighted by atomic mass is 9.92. The van der Waals surface area contributed by atoms with E-state index in [0.29, 0.717) is 5.02 Å². The van der Waals surface area contributed by atoms with Gasteiger partial charge >= 0.3 is 0 Å². The smallest absolute Gasteiger partial charge is 0.0582 e. The van der Waals surface area contributed by atoms with Crippen molar-refractivity contribution in [3.8, 4) is 0 Å². The molecule has 3 heteroatoms. The minimum atomic E-state index is -0.214. The van der Waals surface area contributed by atoms with Gasteiger partial charge in [-0.25, -0.2) is 0 Å². The average Bonchev–Trinajstić information content (AvgIpc) is 2.28. The van der Waals surface area contributed by atoms with Crippen molar-refractivity contribution in [2.75, 3.05) is 0 Å². The number of halogens is 2. The Hall–Kier alpha value is -0.830. The van der Waals surface area contributed by atoms with Crippen LogP contribution in [0, 0.1) is 13.8 Å². The van der Waals surface area contributed by atoms with Gasteiger partial charge in [0.25, 0.3) is 0 Å². The van der Waals surface area contributed by atoms with E-state index in [1.165, 1.54) is 11.1 Å². The first-order chi connectivity index (χ1) is 8.52. The van der Waals surface area contributed by atoms with Gasteiger partial charge in [-0.05, 0) is 42.7 Å². The number of rotatable bonds is 2. The second kappa shape index (κ2) is 5.43. The van der Waals surface area contributed by atoms with Crippen LogP contribution in [0.2, 0.25) is 5.02 Å². The van der Waals surface area contributed by atoms with Crippen molar-refractivity contribution >= 4 is 27.5 Å². The van der Waals surface area contributed by atoms with Crippen molar-refractivity contribution in [3.05, 3.63) is 68.1 Å². The van der Waals surface area contributed by atoms with Gasteiger partial charge in [0, 0.05) is 15.1 Å². The normalized spacial score (nSPS) is 12.5. The van der Waals surface area contributed by atoms with Crippen LogP contribution in [0.4, 0.5) is 0 Å². The second-order valence-corrected chi connectivity index (χ2v) is 5.68. The summed E-state index contributed by atoms with van der Waals surface area (Å²) in [6, 6.07) is 11.7. The largest absolute Gasteiger partial charge is 0.320 e. The molecule has 2 aromatic carbocycles. The van der Waals surface area contributed by atoms with E-state index >= 15 is 0 Å². The summed E-state index contributed by atoms with van der Waals surface area (Å²) in [5.74, 6) is 0. The van der Waals surface area contributed by atoms with Gasteiger partial charge in [0.2, 0.25) is 0 Å². The van der Waals surface area contributed by atoms with Gasteiger partial charge in [-0.1, -0.05) is 51.8 Å². The van der Waals surface area contributed by atoms with Crippen molar-refractivity contribution in [2.24, 2.45) is 5.73 Å². The van der Waals surface area contributed by atoms with Crippen LogP contribution in [0.15, 0.2) is 40.9 Å². The fourth-order valence-corrected chi connectivity index (χ4v) is 3.29. The average molecular weight is 325 g/mol. The van der Waals surface area contributed by atoms with E-state index < -0.39 is 0 Å². The molecule has 0 heterocycles. The Morgan fingerprint density at radius 1 is 1.00 bits per heavy atom. The third kappa shape index (κ3) is 2.46. The first-order valence-electron chi connectivity index (χ1n) is 5.78. The highest BCUT2D eigenvalue weighted by Crippen LogP contribution is 2.35. The highest BCUT2D eigenvalue weighted by molar-refractivity contribution is 9.10. The Morgan fingerprint density at radius 3 is 2.11 bits per heavy atom. The highest BCUT2D eigenvalue weighted by atomic mass is 79.9. The summed E-state index contributed by atoms with van der Waals surface area (Å²) in [5, 5.41) is 0.694. The lowest BCUT2D eigenvalue weighted by Gasteiger charge is -2.20. The van der Waals surface area contributed by atoms with Gasteiger partial charge in [-0.15, -0.1) is 0 Å². The van der Waals surface area contributed by atoms with Crippen LogP contribution in [0.5, 0.6) is 0 Å². The molecule has 0 saturated heterocycles. The first-order valence-corrected chi connectivity index (χ1v) is 6.95. The van der Waals surface area contributed by atoms with Crippen LogP contribution in [-0.2, 0) is 0 Å². The topological polar surface area (TPSA) is 26.0 Å². The lowest BCUT2D eigenvalue weighted by Crippen LogP contribution is -2.16. The third-order valence-corrected chi connectivity index (χ3v) is 4.18. The number of nitrogens with two attached hydrogens (primary N) is 1. The standard InChI is InChI=1S/C15H15BrClN/c1-9-5-3-6-10(2)13(9)15(18)14-11(16)7-4-8-12(14)17/h3-8,15H,18H2,1-2H3. The predicted octanol–water partition coefficient (Wildman–Crippen LogP) is 4.77. The summed E-state index contributed by atoms with van der Waals surface area (Å²) in [7, 11) is 0. The summed E-state index contributed by atoms with van der Waals surface area (Å²) in [4.78, 5) is 0. The van der Waals surface area contributed by atoms with Crippen LogP contribution >= 0.6 is 27.5 Å². The maximum Gasteiger partial charge on any atom is 0.0582 e. The van der Waals surface area contributed by atoms with Gasteiger partial charge in [0.15, 0.2) is 0 Å². The van der Waals surface area contributed by atoms with Crippen molar-refractivity contribution in [2.45, 2.75) is 19.9 Å². The quantitative estimate of drug-likeness (QED) is 0.846. The van der Waals surface area contributed by atoms with Gasteiger partial charge < -0.3 is 5.73 Å². The van der Waals surface area contributed by atoms with Gasteiger partial charge in [0.05, 0.1) is 6.04 Å². The zero-order valence-electron chi connectivity index (χ0n) is 10.4. The molecular weight excluding hydrogens is 310 g/mol. The molecule has 1 atom stereocenters. The van der Waals surface area contributed by atoms with Crippen molar-refractivity contribution in [1.29, 1.82) is 0 Å².